The van der Waals surface area contributed by atoms with E-state index in [-0.39, 0.29) is 18.0 Å². The van der Waals surface area contributed by atoms with Crippen molar-refractivity contribution in [2.75, 3.05) is 0 Å². The lowest BCUT2D eigenvalue weighted by molar-refractivity contribution is -0.148. The van der Waals surface area contributed by atoms with Crippen LogP contribution in [-0.4, -0.2) is 15.9 Å². The highest BCUT2D eigenvalue weighted by Crippen LogP contribution is 2.22. The van der Waals surface area contributed by atoms with Crippen LogP contribution in [0, 0.1) is 25.2 Å². The molecule has 142 valence electrons. The number of hydrogen-bond acceptors (Lipinski definition) is 5. The zero-order valence-corrected chi connectivity index (χ0v) is 16.1. The van der Waals surface area contributed by atoms with E-state index in [0.717, 1.165) is 22.0 Å². The largest absolute Gasteiger partial charge is 0.458 e. The number of pyridine rings is 2. The number of H-pyrrole nitrogens is 1. The van der Waals surface area contributed by atoms with Crippen molar-refractivity contribution in [3.63, 3.8) is 0 Å². The number of rotatable bonds is 5. The smallest absolute Gasteiger partial charge is 0.306 e. The van der Waals surface area contributed by atoms with Crippen LogP contribution in [0.4, 0.5) is 0 Å². The number of nitrogens with zero attached hydrogens (tertiary/aromatic N) is 2. The molecule has 0 saturated heterocycles. The van der Waals surface area contributed by atoms with Crippen molar-refractivity contribution in [1.29, 1.82) is 5.26 Å². The van der Waals surface area contributed by atoms with E-state index in [1.54, 1.807) is 20.0 Å². The second-order valence-electron chi connectivity index (χ2n) is 6.76. The molecule has 0 amide bonds. The Kier molecular flexibility index (Phi) is 5.55. The molecule has 1 N–H and O–H groups in total. The van der Waals surface area contributed by atoms with E-state index in [1.807, 2.05) is 43.3 Å². The minimum Gasteiger partial charge on any atom is -0.458 e. The van der Waals surface area contributed by atoms with Gasteiger partial charge in [0.2, 0.25) is 0 Å². The number of aromatic amines is 1. The fourth-order valence-electron chi connectivity index (χ4n) is 3.28. The maximum atomic E-state index is 12.3. The Hall–Kier alpha value is -3.46. The van der Waals surface area contributed by atoms with Crippen molar-refractivity contribution in [1.82, 2.24) is 9.97 Å². The van der Waals surface area contributed by atoms with Crippen molar-refractivity contribution in [3.05, 3.63) is 74.8 Å². The van der Waals surface area contributed by atoms with Crippen LogP contribution in [0.2, 0.25) is 0 Å². The topological polar surface area (TPSA) is 95.8 Å². The van der Waals surface area contributed by atoms with Gasteiger partial charge in [-0.2, -0.15) is 5.26 Å². The molecule has 0 aliphatic carbocycles. The SMILES string of the molecule is Cc1[nH]c(=O)c(C#N)c(C)c1CCC(=O)O[C@@H](C)c1cnc2ccccc2c1. The van der Waals surface area contributed by atoms with E-state index in [0.29, 0.717) is 17.7 Å². The first kappa shape index (κ1) is 19.3. The Morgan fingerprint density at radius 1 is 1.32 bits per heavy atom. The molecule has 1 aromatic carbocycles. The summed E-state index contributed by atoms with van der Waals surface area (Å²) in [6.45, 7) is 5.30. The Morgan fingerprint density at radius 3 is 2.82 bits per heavy atom. The lowest BCUT2D eigenvalue weighted by Gasteiger charge is -2.15. The molecule has 0 bridgehead atoms. The van der Waals surface area contributed by atoms with Gasteiger partial charge in [-0.05, 0) is 50.5 Å². The molecule has 2 heterocycles. The summed E-state index contributed by atoms with van der Waals surface area (Å²) < 4.78 is 5.55. The molecule has 0 unspecified atom stereocenters. The zero-order chi connectivity index (χ0) is 20.3. The van der Waals surface area contributed by atoms with Gasteiger partial charge in [-0.1, -0.05) is 18.2 Å². The molecule has 0 saturated carbocycles. The number of benzene rings is 1. The summed E-state index contributed by atoms with van der Waals surface area (Å²) in [7, 11) is 0. The van der Waals surface area contributed by atoms with Crippen molar-refractivity contribution in [2.24, 2.45) is 0 Å². The predicted molar refractivity (Wildman–Crippen MR) is 106 cm³/mol. The van der Waals surface area contributed by atoms with Gasteiger partial charge in [0.15, 0.2) is 0 Å². The second kappa shape index (κ2) is 8.05. The van der Waals surface area contributed by atoms with Crippen LogP contribution < -0.4 is 5.56 Å². The van der Waals surface area contributed by atoms with Crippen LogP contribution in [0.25, 0.3) is 10.9 Å². The van der Waals surface area contributed by atoms with Gasteiger partial charge < -0.3 is 9.72 Å². The standard InChI is InChI=1S/C22H21N3O3/c1-13-18(14(2)25-22(27)19(13)11-23)8-9-21(26)28-15(3)17-10-16-6-4-5-7-20(16)24-12-17/h4-7,10,12,15H,8-9H2,1-3H3,(H,25,27)/t15-/m0/s1. The molecule has 3 aromatic rings. The number of fused-ring (bicyclic) bond motifs is 1. The maximum absolute atomic E-state index is 12.3. The molecular formula is C22H21N3O3. The molecular weight excluding hydrogens is 354 g/mol. The molecule has 6 nitrogen and oxygen atoms in total. The molecule has 0 aliphatic heterocycles. The third-order valence-electron chi connectivity index (χ3n) is 4.89. The first-order chi connectivity index (χ1) is 13.4. The number of carbonyl (C=O) groups is 1. The monoisotopic (exact) mass is 375 g/mol. The summed E-state index contributed by atoms with van der Waals surface area (Å²) in [6.07, 6.45) is 1.85. The number of nitriles is 1. The van der Waals surface area contributed by atoms with E-state index in [1.165, 1.54) is 0 Å². The molecule has 6 heteroatoms. The Balaban J connectivity index is 1.69. The van der Waals surface area contributed by atoms with Gasteiger partial charge in [-0.3, -0.25) is 14.6 Å². The molecule has 2 aromatic heterocycles. The third kappa shape index (κ3) is 3.94. The van der Waals surface area contributed by atoms with Crippen molar-refractivity contribution in [3.8, 4) is 6.07 Å². The summed E-state index contributed by atoms with van der Waals surface area (Å²) >= 11 is 0. The highest BCUT2D eigenvalue weighted by Gasteiger charge is 2.16. The van der Waals surface area contributed by atoms with Crippen LogP contribution in [0.15, 0.2) is 41.3 Å². The van der Waals surface area contributed by atoms with Gasteiger partial charge in [-0.15, -0.1) is 0 Å². The van der Waals surface area contributed by atoms with Gasteiger partial charge >= 0.3 is 5.97 Å². The van der Waals surface area contributed by atoms with Gasteiger partial charge in [0.1, 0.15) is 17.7 Å². The summed E-state index contributed by atoms with van der Waals surface area (Å²) in [5, 5.41) is 10.1. The van der Waals surface area contributed by atoms with Gasteiger partial charge in [-0.25, -0.2) is 0 Å². The first-order valence-electron chi connectivity index (χ1n) is 9.07. The number of para-hydroxylation sites is 1. The first-order valence-corrected chi connectivity index (χ1v) is 9.07. The number of hydrogen-bond donors (Lipinski definition) is 1. The third-order valence-corrected chi connectivity index (χ3v) is 4.89. The van der Waals surface area contributed by atoms with Crippen LogP contribution in [0.5, 0.6) is 0 Å². The fourth-order valence-corrected chi connectivity index (χ4v) is 3.28. The maximum Gasteiger partial charge on any atom is 0.306 e. The van der Waals surface area contributed by atoms with Crippen molar-refractivity contribution in [2.45, 2.75) is 39.7 Å². The molecule has 28 heavy (non-hydrogen) atoms. The number of carbonyl (C=O) groups excluding carboxylic acids is 1. The quantitative estimate of drug-likeness (QED) is 0.687. The highest BCUT2D eigenvalue weighted by molar-refractivity contribution is 5.79. The lowest BCUT2D eigenvalue weighted by atomic mass is 9.99. The van der Waals surface area contributed by atoms with E-state index >= 15 is 0 Å². The Morgan fingerprint density at radius 2 is 2.07 bits per heavy atom. The van der Waals surface area contributed by atoms with E-state index in [4.69, 9.17) is 10.00 Å². The van der Waals surface area contributed by atoms with E-state index in [2.05, 4.69) is 9.97 Å². The van der Waals surface area contributed by atoms with Crippen LogP contribution >= 0.6 is 0 Å². The average molecular weight is 375 g/mol. The second-order valence-corrected chi connectivity index (χ2v) is 6.76. The molecule has 0 spiro atoms. The van der Waals surface area contributed by atoms with Gasteiger partial charge in [0.05, 0.1) is 5.52 Å². The van der Waals surface area contributed by atoms with Crippen molar-refractivity contribution >= 4 is 16.9 Å². The van der Waals surface area contributed by atoms with Crippen LogP contribution in [-0.2, 0) is 16.0 Å². The number of esters is 1. The minimum atomic E-state index is -0.419. The molecule has 0 radical (unpaired) electrons. The minimum absolute atomic E-state index is 0.0876. The number of aryl methyl sites for hydroxylation is 1. The molecule has 3 rings (SSSR count). The lowest BCUT2D eigenvalue weighted by Crippen LogP contribution is -2.17. The Bertz CT molecular complexity index is 1140. The molecule has 0 aliphatic rings. The van der Waals surface area contributed by atoms with Crippen LogP contribution in [0.1, 0.15) is 47.4 Å². The number of aromatic nitrogens is 2. The Labute approximate surface area is 162 Å². The van der Waals surface area contributed by atoms with Gasteiger partial charge in [0.25, 0.3) is 5.56 Å². The summed E-state index contributed by atoms with van der Waals surface area (Å²) in [5.41, 5.74) is 3.49. The fraction of sp³-hybridized carbons (Fsp3) is 0.273. The van der Waals surface area contributed by atoms with Crippen molar-refractivity contribution < 1.29 is 9.53 Å². The summed E-state index contributed by atoms with van der Waals surface area (Å²) in [6, 6.07) is 11.7. The zero-order valence-electron chi connectivity index (χ0n) is 16.1. The number of nitrogens with one attached hydrogen (secondary N) is 1. The summed E-state index contributed by atoms with van der Waals surface area (Å²) in [4.78, 5) is 31.2. The average Bonchev–Trinajstić information content (AvgIpc) is 2.67. The molecule has 1 atom stereocenters. The number of ether oxygens (including phenoxy) is 1. The van der Waals surface area contributed by atoms with E-state index in [9.17, 15) is 9.59 Å². The predicted octanol–water partition coefficient (Wildman–Crippen LogP) is 3.65. The summed E-state index contributed by atoms with van der Waals surface area (Å²) in [5.74, 6) is -0.343. The van der Waals surface area contributed by atoms with Gasteiger partial charge in [0, 0.05) is 29.3 Å². The highest BCUT2D eigenvalue weighted by atomic mass is 16.5. The van der Waals surface area contributed by atoms with E-state index < -0.39 is 11.7 Å². The van der Waals surface area contributed by atoms with Crippen LogP contribution in [0.3, 0.4) is 0 Å². The normalized spacial score (nSPS) is 11.8. The molecule has 0 fully saturated rings.